The van der Waals surface area contributed by atoms with E-state index in [0.717, 1.165) is 29.7 Å². The van der Waals surface area contributed by atoms with Crippen LogP contribution in [0.2, 0.25) is 0 Å². The summed E-state index contributed by atoms with van der Waals surface area (Å²) in [6.07, 6.45) is 0.113. The van der Waals surface area contributed by atoms with Crippen LogP contribution in [0.4, 0.5) is 13.2 Å². The fourth-order valence-corrected chi connectivity index (χ4v) is 3.13. The van der Waals surface area contributed by atoms with Crippen LogP contribution in [-0.4, -0.2) is 38.1 Å². The van der Waals surface area contributed by atoms with E-state index in [-0.39, 0.29) is 6.04 Å². The molecular weight excluding hydrogens is 323 g/mol. The average molecular weight is 347 g/mol. The van der Waals surface area contributed by atoms with Crippen molar-refractivity contribution in [3.63, 3.8) is 0 Å². The minimum absolute atomic E-state index is 0.125. The number of aryl methyl sites for hydroxylation is 1. The van der Waals surface area contributed by atoms with Gasteiger partial charge in [0.1, 0.15) is 6.04 Å². The lowest BCUT2D eigenvalue weighted by Crippen LogP contribution is -2.57. The summed E-state index contributed by atoms with van der Waals surface area (Å²) in [4.78, 5) is 0.869. The molecule has 0 amide bonds. The van der Waals surface area contributed by atoms with Gasteiger partial charge in [0, 0.05) is 24.0 Å². The number of alkyl halides is 3. The molecule has 3 nitrogen and oxygen atoms in total. The van der Waals surface area contributed by atoms with Crippen LogP contribution in [0.5, 0.6) is 0 Å². The maximum absolute atomic E-state index is 13.5. The Bertz CT molecular complexity index is 504. The van der Waals surface area contributed by atoms with Crippen LogP contribution < -0.4 is 16.4 Å². The van der Waals surface area contributed by atoms with Gasteiger partial charge in [-0.1, -0.05) is 6.07 Å². The van der Waals surface area contributed by atoms with Gasteiger partial charge in [0.25, 0.3) is 0 Å². The van der Waals surface area contributed by atoms with E-state index in [9.17, 15) is 13.2 Å². The lowest BCUT2D eigenvalue weighted by atomic mass is 9.99. The van der Waals surface area contributed by atoms with Crippen LogP contribution in [0, 0.1) is 0 Å². The second-order valence-corrected chi connectivity index (χ2v) is 6.74. The van der Waals surface area contributed by atoms with Gasteiger partial charge in [-0.2, -0.15) is 13.2 Å². The topological polar surface area (TPSA) is 50.1 Å². The standard InChI is InChI=1S/C16H24F3N3S/c1-23-14-7-11(4-2-3-5-20)6-12(8-14)15(16(17,18)19)22-13-9-21-10-13/h6-8,13,15,21-22H,2-5,9-10,20H2,1H3. The molecule has 1 saturated heterocycles. The summed E-state index contributed by atoms with van der Waals surface area (Å²) in [5.74, 6) is 0. The molecule has 0 saturated carbocycles. The summed E-state index contributed by atoms with van der Waals surface area (Å²) in [5.41, 5.74) is 6.74. The number of unbranched alkanes of at least 4 members (excludes halogenated alkanes) is 1. The summed E-state index contributed by atoms with van der Waals surface area (Å²) >= 11 is 1.47. The zero-order chi connectivity index (χ0) is 16.9. The van der Waals surface area contributed by atoms with Gasteiger partial charge < -0.3 is 11.1 Å². The molecule has 1 heterocycles. The Morgan fingerprint density at radius 2 is 2.04 bits per heavy atom. The van der Waals surface area contributed by atoms with E-state index in [4.69, 9.17) is 5.73 Å². The number of hydrogen-bond acceptors (Lipinski definition) is 4. The number of nitrogens with two attached hydrogens (primary N) is 1. The van der Waals surface area contributed by atoms with Crippen molar-refractivity contribution in [1.29, 1.82) is 0 Å². The maximum Gasteiger partial charge on any atom is 0.407 e. The van der Waals surface area contributed by atoms with Crippen LogP contribution in [0.25, 0.3) is 0 Å². The van der Waals surface area contributed by atoms with Gasteiger partial charge >= 0.3 is 6.18 Å². The zero-order valence-electron chi connectivity index (χ0n) is 13.2. The van der Waals surface area contributed by atoms with Crippen LogP contribution in [-0.2, 0) is 6.42 Å². The second kappa shape index (κ2) is 8.37. The molecule has 130 valence electrons. The minimum atomic E-state index is -4.30. The number of halogens is 3. The van der Waals surface area contributed by atoms with Crippen LogP contribution in [0.1, 0.15) is 30.0 Å². The second-order valence-electron chi connectivity index (χ2n) is 5.86. The van der Waals surface area contributed by atoms with Crippen LogP contribution in [0.15, 0.2) is 23.1 Å². The van der Waals surface area contributed by atoms with Crippen molar-refractivity contribution < 1.29 is 13.2 Å². The van der Waals surface area contributed by atoms with Crippen molar-refractivity contribution in [2.75, 3.05) is 25.9 Å². The highest BCUT2D eigenvalue weighted by Gasteiger charge is 2.42. The summed E-state index contributed by atoms with van der Waals surface area (Å²) in [6.45, 7) is 1.77. The number of nitrogens with one attached hydrogen (secondary N) is 2. The summed E-state index contributed by atoms with van der Waals surface area (Å²) in [6, 6.07) is 3.57. The van der Waals surface area contributed by atoms with Gasteiger partial charge in [-0.15, -0.1) is 11.8 Å². The van der Waals surface area contributed by atoms with Gasteiger partial charge in [0.2, 0.25) is 0 Å². The lowest BCUT2D eigenvalue weighted by molar-refractivity contribution is -0.160. The smallest absolute Gasteiger partial charge is 0.330 e. The SMILES string of the molecule is CSc1cc(CCCCN)cc(C(NC2CNC2)C(F)(F)F)c1. The Balaban J connectivity index is 2.23. The summed E-state index contributed by atoms with van der Waals surface area (Å²) in [5, 5.41) is 5.73. The molecule has 0 radical (unpaired) electrons. The molecule has 4 N–H and O–H groups in total. The molecule has 1 unspecified atom stereocenters. The molecular formula is C16H24F3N3S. The Labute approximate surface area is 139 Å². The van der Waals surface area contributed by atoms with Crippen molar-refractivity contribution in [3.8, 4) is 0 Å². The molecule has 0 aliphatic carbocycles. The molecule has 7 heteroatoms. The molecule has 23 heavy (non-hydrogen) atoms. The molecule has 1 aliphatic heterocycles. The van der Waals surface area contributed by atoms with Crippen LogP contribution >= 0.6 is 11.8 Å². The minimum Gasteiger partial charge on any atom is -0.330 e. The van der Waals surface area contributed by atoms with E-state index in [1.807, 2.05) is 12.3 Å². The first-order valence-electron chi connectivity index (χ1n) is 7.85. The van der Waals surface area contributed by atoms with Crippen molar-refractivity contribution >= 4 is 11.8 Å². The molecule has 0 aromatic heterocycles. The van der Waals surface area contributed by atoms with Crippen LogP contribution in [0.3, 0.4) is 0 Å². The van der Waals surface area contributed by atoms with Crippen molar-refractivity contribution in [2.45, 2.75) is 42.4 Å². The van der Waals surface area contributed by atoms with Crippen molar-refractivity contribution in [3.05, 3.63) is 29.3 Å². The number of hydrogen-bond donors (Lipinski definition) is 3. The monoisotopic (exact) mass is 347 g/mol. The molecule has 1 fully saturated rings. The fraction of sp³-hybridized carbons (Fsp3) is 0.625. The largest absolute Gasteiger partial charge is 0.407 e. The quantitative estimate of drug-likeness (QED) is 0.500. The lowest BCUT2D eigenvalue weighted by Gasteiger charge is -2.34. The van der Waals surface area contributed by atoms with E-state index >= 15 is 0 Å². The zero-order valence-corrected chi connectivity index (χ0v) is 14.1. The summed E-state index contributed by atoms with van der Waals surface area (Å²) < 4.78 is 40.5. The summed E-state index contributed by atoms with van der Waals surface area (Å²) in [7, 11) is 0. The predicted octanol–water partition coefficient (Wildman–Crippen LogP) is 2.85. The van der Waals surface area contributed by atoms with Gasteiger partial charge in [-0.25, -0.2) is 0 Å². The van der Waals surface area contributed by atoms with Gasteiger partial charge in [0.05, 0.1) is 0 Å². The highest BCUT2D eigenvalue weighted by Crippen LogP contribution is 2.35. The van der Waals surface area contributed by atoms with Gasteiger partial charge in [-0.3, -0.25) is 5.32 Å². The third kappa shape index (κ3) is 5.38. The predicted molar refractivity (Wildman–Crippen MR) is 88.8 cm³/mol. The number of rotatable bonds is 8. The molecule has 1 aliphatic rings. The van der Waals surface area contributed by atoms with Gasteiger partial charge in [0.15, 0.2) is 0 Å². The molecule has 2 rings (SSSR count). The van der Waals surface area contributed by atoms with E-state index < -0.39 is 12.2 Å². The van der Waals surface area contributed by atoms with E-state index in [1.165, 1.54) is 11.8 Å². The van der Waals surface area contributed by atoms with Crippen molar-refractivity contribution in [1.82, 2.24) is 10.6 Å². The van der Waals surface area contributed by atoms with Crippen molar-refractivity contribution in [2.24, 2.45) is 5.73 Å². The first kappa shape index (κ1) is 18.6. The Morgan fingerprint density at radius 3 is 2.57 bits per heavy atom. The molecule has 1 atom stereocenters. The maximum atomic E-state index is 13.5. The Hall–Kier alpha value is -0.760. The average Bonchev–Trinajstić information content (AvgIpc) is 2.44. The molecule has 0 spiro atoms. The number of benzene rings is 1. The third-order valence-corrected chi connectivity index (χ3v) is 4.70. The highest BCUT2D eigenvalue weighted by atomic mass is 32.2. The highest BCUT2D eigenvalue weighted by molar-refractivity contribution is 7.98. The molecule has 1 aromatic carbocycles. The molecule has 0 bridgehead atoms. The normalized spacial score (nSPS) is 17.1. The number of thioether (sulfide) groups is 1. The third-order valence-electron chi connectivity index (χ3n) is 3.99. The first-order valence-corrected chi connectivity index (χ1v) is 9.08. The van der Waals surface area contributed by atoms with E-state index in [2.05, 4.69) is 10.6 Å². The van der Waals surface area contributed by atoms with Gasteiger partial charge in [-0.05, 0) is 55.3 Å². The van der Waals surface area contributed by atoms with E-state index in [1.54, 1.807) is 12.1 Å². The first-order chi connectivity index (χ1) is 10.9. The van der Waals surface area contributed by atoms with E-state index in [0.29, 0.717) is 25.2 Å². The Kier molecular flexibility index (Phi) is 6.76. The molecule has 1 aromatic rings. The fourth-order valence-electron chi connectivity index (χ4n) is 2.61. The Morgan fingerprint density at radius 1 is 1.30 bits per heavy atom.